The Morgan fingerprint density at radius 1 is 1.44 bits per heavy atom. The summed E-state index contributed by atoms with van der Waals surface area (Å²) in [6.07, 6.45) is 4.20. The first-order valence-corrected chi connectivity index (χ1v) is 6.73. The first kappa shape index (κ1) is 13.4. The standard InChI is InChI=1S/C14H19ClN2O/c1-10-11(5-4-6-12(10)15)13(18)17-14(9-16)7-2-3-8-14/h4-6H,2-3,7-9,16H2,1H3,(H,17,18). The SMILES string of the molecule is Cc1c(Cl)cccc1C(=O)NC1(CN)CCCC1. The number of hydrogen-bond acceptors (Lipinski definition) is 2. The maximum atomic E-state index is 12.3. The number of rotatable bonds is 3. The van der Waals surface area contributed by atoms with Crippen molar-refractivity contribution in [3.05, 3.63) is 34.3 Å². The summed E-state index contributed by atoms with van der Waals surface area (Å²) in [7, 11) is 0. The van der Waals surface area contributed by atoms with Gasteiger partial charge in [0.1, 0.15) is 0 Å². The van der Waals surface area contributed by atoms with E-state index in [2.05, 4.69) is 5.32 Å². The molecular formula is C14H19ClN2O. The summed E-state index contributed by atoms with van der Waals surface area (Å²) in [5.74, 6) is -0.0673. The van der Waals surface area contributed by atoms with Crippen molar-refractivity contribution in [2.75, 3.05) is 6.54 Å². The molecule has 1 fully saturated rings. The van der Waals surface area contributed by atoms with Crippen LogP contribution in [-0.2, 0) is 0 Å². The fourth-order valence-electron chi connectivity index (χ4n) is 2.59. The van der Waals surface area contributed by atoms with Gasteiger partial charge in [0.05, 0.1) is 5.54 Å². The van der Waals surface area contributed by atoms with Crippen LogP contribution in [0, 0.1) is 6.92 Å². The Balaban J connectivity index is 2.19. The Morgan fingerprint density at radius 3 is 2.72 bits per heavy atom. The lowest BCUT2D eigenvalue weighted by Crippen LogP contribution is -2.51. The largest absolute Gasteiger partial charge is 0.345 e. The summed E-state index contributed by atoms with van der Waals surface area (Å²) in [5.41, 5.74) is 7.07. The fourth-order valence-corrected chi connectivity index (χ4v) is 2.77. The minimum Gasteiger partial charge on any atom is -0.345 e. The van der Waals surface area contributed by atoms with Crippen LogP contribution in [0.5, 0.6) is 0 Å². The molecule has 1 aliphatic rings. The van der Waals surface area contributed by atoms with Crippen molar-refractivity contribution in [2.45, 2.75) is 38.1 Å². The predicted molar refractivity (Wildman–Crippen MR) is 73.9 cm³/mol. The number of benzene rings is 1. The zero-order valence-corrected chi connectivity index (χ0v) is 11.4. The van der Waals surface area contributed by atoms with Gasteiger partial charge in [0.15, 0.2) is 0 Å². The predicted octanol–water partition coefficient (Wildman–Crippen LogP) is 2.65. The highest BCUT2D eigenvalue weighted by Crippen LogP contribution is 2.29. The maximum absolute atomic E-state index is 12.3. The van der Waals surface area contributed by atoms with Crippen LogP contribution in [0.1, 0.15) is 41.6 Å². The van der Waals surface area contributed by atoms with Crippen molar-refractivity contribution >= 4 is 17.5 Å². The monoisotopic (exact) mass is 266 g/mol. The number of nitrogens with one attached hydrogen (secondary N) is 1. The van der Waals surface area contributed by atoms with E-state index in [4.69, 9.17) is 17.3 Å². The number of halogens is 1. The smallest absolute Gasteiger partial charge is 0.252 e. The molecule has 3 nitrogen and oxygen atoms in total. The molecule has 98 valence electrons. The third-order valence-corrected chi connectivity index (χ3v) is 4.25. The fraction of sp³-hybridized carbons (Fsp3) is 0.500. The number of carbonyl (C=O) groups excluding carboxylic acids is 1. The molecule has 1 aromatic rings. The molecule has 0 heterocycles. The van der Waals surface area contributed by atoms with E-state index in [1.807, 2.05) is 6.92 Å². The lowest BCUT2D eigenvalue weighted by molar-refractivity contribution is 0.0902. The van der Waals surface area contributed by atoms with E-state index >= 15 is 0 Å². The van der Waals surface area contributed by atoms with Crippen LogP contribution in [0.3, 0.4) is 0 Å². The van der Waals surface area contributed by atoms with Crippen LogP contribution in [-0.4, -0.2) is 18.0 Å². The molecule has 0 atom stereocenters. The summed E-state index contributed by atoms with van der Waals surface area (Å²) < 4.78 is 0. The summed E-state index contributed by atoms with van der Waals surface area (Å²) in [6, 6.07) is 5.39. The lowest BCUT2D eigenvalue weighted by Gasteiger charge is -2.29. The van der Waals surface area contributed by atoms with Crippen LogP contribution in [0.2, 0.25) is 5.02 Å². The summed E-state index contributed by atoms with van der Waals surface area (Å²) in [4.78, 5) is 12.3. The van der Waals surface area contributed by atoms with Gasteiger partial charge in [0.25, 0.3) is 5.91 Å². The Bertz CT molecular complexity index is 453. The molecule has 0 spiro atoms. The molecule has 4 heteroatoms. The third-order valence-electron chi connectivity index (χ3n) is 3.84. The van der Waals surface area contributed by atoms with Crippen LogP contribution in [0.15, 0.2) is 18.2 Å². The van der Waals surface area contributed by atoms with Crippen molar-refractivity contribution in [3.8, 4) is 0 Å². The minimum absolute atomic E-state index is 0.0673. The molecule has 2 rings (SSSR count). The van der Waals surface area contributed by atoms with Crippen molar-refractivity contribution < 1.29 is 4.79 Å². The van der Waals surface area contributed by atoms with E-state index in [-0.39, 0.29) is 11.4 Å². The zero-order chi connectivity index (χ0) is 13.2. The van der Waals surface area contributed by atoms with Gasteiger partial charge in [-0.3, -0.25) is 4.79 Å². The van der Waals surface area contributed by atoms with E-state index in [1.165, 1.54) is 0 Å². The normalized spacial score (nSPS) is 17.7. The quantitative estimate of drug-likeness (QED) is 0.884. The first-order valence-electron chi connectivity index (χ1n) is 6.36. The van der Waals surface area contributed by atoms with Gasteiger partial charge in [-0.2, -0.15) is 0 Å². The second kappa shape index (κ2) is 5.29. The Morgan fingerprint density at radius 2 is 2.11 bits per heavy atom. The van der Waals surface area contributed by atoms with Crippen molar-refractivity contribution in [1.29, 1.82) is 0 Å². The lowest BCUT2D eigenvalue weighted by atomic mass is 9.96. The van der Waals surface area contributed by atoms with Crippen molar-refractivity contribution in [1.82, 2.24) is 5.32 Å². The average molecular weight is 267 g/mol. The first-order chi connectivity index (χ1) is 8.58. The number of nitrogens with two attached hydrogens (primary N) is 1. The molecule has 0 aromatic heterocycles. The molecule has 1 amide bonds. The molecular weight excluding hydrogens is 248 g/mol. The highest BCUT2D eigenvalue weighted by molar-refractivity contribution is 6.31. The Hall–Kier alpha value is -1.06. The van der Waals surface area contributed by atoms with E-state index in [0.717, 1.165) is 31.2 Å². The third kappa shape index (κ3) is 2.52. The van der Waals surface area contributed by atoms with Crippen LogP contribution in [0.4, 0.5) is 0 Å². The average Bonchev–Trinajstić information content (AvgIpc) is 2.81. The molecule has 0 unspecified atom stereocenters. The maximum Gasteiger partial charge on any atom is 0.252 e. The van der Waals surface area contributed by atoms with Gasteiger partial charge < -0.3 is 11.1 Å². The molecule has 0 aliphatic heterocycles. The number of carbonyl (C=O) groups is 1. The molecule has 0 bridgehead atoms. The number of amides is 1. The molecule has 0 radical (unpaired) electrons. The van der Waals surface area contributed by atoms with Crippen LogP contribution < -0.4 is 11.1 Å². The van der Waals surface area contributed by atoms with Crippen LogP contribution in [0.25, 0.3) is 0 Å². The molecule has 1 aromatic carbocycles. The summed E-state index contributed by atoms with van der Waals surface area (Å²) in [5, 5.41) is 3.72. The van der Waals surface area contributed by atoms with E-state index < -0.39 is 0 Å². The van der Waals surface area contributed by atoms with Gasteiger partial charge in [0.2, 0.25) is 0 Å². The van der Waals surface area contributed by atoms with E-state index in [9.17, 15) is 4.79 Å². The van der Waals surface area contributed by atoms with Gasteiger partial charge in [-0.05, 0) is 37.5 Å². The van der Waals surface area contributed by atoms with Gasteiger partial charge in [0, 0.05) is 17.1 Å². The van der Waals surface area contributed by atoms with Gasteiger partial charge in [-0.15, -0.1) is 0 Å². The molecule has 18 heavy (non-hydrogen) atoms. The van der Waals surface area contributed by atoms with E-state index in [1.54, 1.807) is 18.2 Å². The Kier molecular flexibility index (Phi) is 3.93. The van der Waals surface area contributed by atoms with Gasteiger partial charge >= 0.3 is 0 Å². The highest BCUT2D eigenvalue weighted by Gasteiger charge is 2.34. The van der Waals surface area contributed by atoms with Crippen molar-refractivity contribution in [3.63, 3.8) is 0 Å². The van der Waals surface area contributed by atoms with E-state index in [0.29, 0.717) is 17.1 Å². The van der Waals surface area contributed by atoms with Crippen molar-refractivity contribution in [2.24, 2.45) is 5.73 Å². The minimum atomic E-state index is -0.216. The highest BCUT2D eigenvalue weighted by atomic mass is 35.5. The second-order valence-electron chi connectivity index (χ2n) is 5.06. The molecule has 3 N–H and O–H groups in total. The second-order valence-corrected chi connectivity index (χ2v) is 5.47. The van der Waals surface area contributed by atoms with Crippen LogP contribution >= 0.6 is 11.6 Å². The topological polar surface area (TPSA) is 55.1 Å². The zero-order valence-electron chi connectivity index (χ0n) is 10.6. The summed E-state index contributed by atoms with van der Waals surface area (Å²) >= 11 is 6.04. The van der Waals surface area contributed by atoms with Gasteiger partial charge in [-0.25, -0.2) is 0 Å². The molecule has 1 saturated carbocycles. The van der Waals surface area contributed by atoms with Gasteiger partial charge in [-0.1, -0.05) is 30.5 Å². The summed E-state index contributed by atoms with van der Waals surface area (Å²) in [6.45, 7) is 2.36. The molecule has 0 saturated heterocycles. The molecule has 1 aliphatic carbocycles. The Labute approximate surface area is 113 Å². The number of hydrogen-bond donors (Lipinski definition) is 2.